The number of rotatable bonds is 8. The molecule has 1 aromatic carbocycles. The van der Waals surface area contributed by atoms with Gasteiger partial charge < -0.3 is 19.5 Å². The first-order chi connectivity index (χ1) is 13.7. The zero-order valence-electron chi connectivity index (χ0n) is 15.5. The van der Waals surface area contributed by atoms with Crippen molar-refractivity contribution in [1.82, 2.24) is 0 Å². The second-order valence-electron chi connectivity index (χ2n) is 6.62. The summed E-state index contributed by atoms with van der Waals surface area (Å²) in [6.07, 6.45) is 1.56. The lowest BCUT2D eigenvalue weighted by Crippen LogP contribution is -2.24. The highest BCUT2D eigenvalue weighted by Crippen LogP contribution is 2.51. The third-order valence-electron chi connectivity index (χ3n) is 4.78. The van der Waals surface area contributed by atoms with Crippen molar-refractivity contribution >= 4 is 38.6 Å². The van der Waals surface area contributed by atoms with Crippen LogP contribution >= 0.6 is 22.7 Å². The zero-order chi connectivity index (χ0) is 19.5. The van der Waals surface area contributed by atoms with E-state index >= 15 is 0 Å². The van der Waals surface area contributed by atoms with Gasteiger partial charge in [0.2, 0.25) is 0 Å². The maximum atomic E-state index is 11.1. The Morgan fingerprint density at radius 1 is 1.07 bits per heavy atom. The highest BCUT2D eigenvalue weighted by Gasteiger charge is 2.26. The van der Waals surface area contributed by atoms with Crippen molar-refractivity contribution < 1.29 is 19.4 Å². The number of aliphatic carboxylic acids is 1. The summed E-state index contributed by atoms with van der Waals surface area (Å²) in [5.41, 5.74) is 2.22. The lowest BCUT2D eigenvalue weighted by Gasteiger charge is -2.28. The van der Waals surface area contributed by atoms with E-state index in [0.717, 1.165) is 36.4 Å². The normalized spacial score (nSPS) is 13.5. The number of benzene rings is 1. The van der Waals surface area contributed by atoms with Gasteiger partial charge in [0.05, 0.1) is 0 Å². The number of hydrogen-bond donors (Lipinski definition) is 1. The minimum absolute atomic E-state index is 0.377. The number of thiophene rings is 2. The third kappa shape index (κ3) is 3.92. The van der Waals surface area contributed by atoms with E-state index in [4.69, 9.17) is 14.6 Å². The molecule has 0 saturated heterocycles. The summed E-state index contributed by atoms with van der Waals surface area (Å²) in [6, 6.07) is 12.2. The van der Waals surface area contributed by atoms with Gasteiger partial charge in [-0.1, -0.05) is 24.3 Å². The maximum absolute atomic E-state index is 11.1. The smallest absolute Gasteiger partial charge is 0.333 e. The minimum atomic E-state index is -0.932. The van der Waals surface area contributed by atoms with Gasteiger partial charge in [0.1, 0.15) is 10.0 Å². The van der Waals surface area contributed by atoms with Gasteiger partial charge in [-0.25, -0.2) is 4.79 Å². The largest absolute Gasteiger partial charge is 0.479 e. The number of carbonyl (C=O) groups is 1. The van der Waals surface area contributed by atoms with Gasteiger partial charge in [-0.3, -0.25) is 0 Å². The second kappa shape index (κ2) is 8.34. The van der Waals surface area contributed by atoms with Crippen molar-refractivity contribution in [2.75, 3.05) is 18.6 Å². The first-order valence-electron chi connectivity index (χ1n) is 9.09. The van der Waals surface area contributed by atoms with Crippen molar-refractivity contribution in [3.05, 3.63) is 58.3 Å². The number of hydrogen-bond acceptors (Lipinski definition) is 6. The lowest BCUT2D eigenvalue weighted by molar-refractivity contribution is -0.148. The highest BCUT2D eigenvalue weighted by molar-refractivity contribution is 7.17. The SMILES string of the molecule is COC(Cc1ccc(CCCN2c3sccc3Oc3ccsc32)cc1)C(=O)O. The molecule has 0 bridgehead atoms. The van der Waals surface area contributed by atoms with Crippen molar-refractivity contribution in [2.45, 2.75) is 25.4 Å². The van der Waals surface area contributed by atoms with Gasteiger partial charge in [0, 0.05) is 20.1 Å². The summed E-state index contributed by atoms with van der Waals surface area (Å²) in [7, 11) is 1.43. The van der Waals surface area contributed by atoms with Crippen LogP contribution < -0.4 is 9.64 Å². The fourth-order valence-corrected chi connectivity index (χ4v) is 5.08. The monoisotopic (exact) mass is 415 g/mol. The zero-order valence-corrected chi connectivity index (χ0v) is 17.1. The van der Waals surface area contributed by atoms with E-state index in [1.807, 2.05) is 24.3 Å². The van der Waals surface area contributed by atoms with Crippen LogP contribution in [-0.4, -0.2) is 30.8 Å². The van der Waals surface area contributed by atoms with Gasteiger partial charge in [-0.05, 0) is 46.9 Å². The molecule has 0 amide bonds. The summed E-state index contributed by atoms with van der Waals surface area (Å²) in [4.78, 5) is 13.4. The van der Waals surface area contributed by atoms with Crippen LogP contribution in [0.3, 0.4) is 0 Å². The standard InChI is InChI=1S/C21H21NO4S2/c1-25-18(21(23)24)13-15-6-4-14(5-7-15)3-2-10-22-19-16(8-11-27-19)26-17-9-12-28-20(17)22/h4-9,11-12,18H,2-3,10,13H2,1H3,(H,23,24). The van der Waals surface area contributed by atoms with E-state index in [1.54, 1.807) is 22.7 Å². The number of ether oxygens (including phenoxy) is 2. The first-order valence-corrected chi connectivity index (χ1v) is 10.9. The quantitative estimate of drug-likeness (QED) is 0.539. The van der Waals surface area contributed by atoms with E-state index in [-0.39, 0.29) is 0 Å². The number of carboxylic acid groups (broad SMARTS) is 1. The van der Waals surface area contributed by atoms with Crippen LogP contribution in [0.5, 0.6) is 11.5 Å². The molecule has 1 aliphatic rings. The molecule has 0 spiro atoms. The Bertz CT molecular complexity index is 907. The minimum Gasteiger partial charge on any atom is -0.479 e. The Hall–Kier alpha value is -2.35. The van der Waals surface area contributed by atoms with Crippen LogP contribution in [0, 0.1) is 0 Å². The molecule has 5 nitrogen and oxygen atoms in total. The van der Waals surface area contributed by atoms with E-state index in [9.17, 15) is 4.79 Å². The van der Waals surface area contributed by atoms with Gasteiger partial charge in [0.15, 0.2) is 17.6 Å². The molecular formula is C21H21NO4S2. The molecule has 0 radical (unpaired) electrons. The summed E-state index contributed by atoms with van der Waals surface area (Å²) in [5.74, 6) is 0.941. The van der Waals surface area contributed by atoms with E-state index in [2.05, 4.69) is 27.8 Å². The molecule has 4 rings (SSSR count). The summed E-state index contributed by atoms with van der Waals surface area (Å²) in [5, 5.41) is 15.6. The third-order valence-corrected chi connectivity index (χ3v) is 6.62. The predicted molar refractivity (Wildman–Crippen MR) is 113 cm³/mol. The van der Waals surface area contributed by atoms with Gasteiger partial charge >= 0.3 is 5.97 Å². The maximum Gasteiger partial charge on any atom is 0.333 e. The molecule has 0 saturated carbocycles. The molecular weight excluding hydrogens is 394 g/mol. The highest BCUT2D eigenvalue weighted by atomic mass is 32.1. The molecule has 1 aliphatic heterocycles. The lowest BCUT2D eigenvalue weighted by atomic mass is 10.0. The Kier molecular flexibility index (Phi) is 5.66. The van der Waals surface area contributed by atoms with Gasteiger partial charge in [0.25, 0.3) is 0 Å². The summed E-state index contributed by atoms with van der Waals surface area (Å²) in [6.45, 7) is 0.927. The molecule has 1 atom stereocenters. The Morgan fingerprint density at radius 3 is 2.25 bits per heavy atom. The predicted octanol–water partition coefficient (Wildman–Crippen LogP) is 5.33. The average Bonchev–Trinajstić information content (AvgIpc) is 3.35. The molecule has 0 fully saturated rings. The van der Waals surface area contributed by atoms with Crippen LogP contribution in [0.1, 0.15) is 17.5 Å². The molecule has 28 heavy (non-hydrogen) atoms. The number of carboxylic acids is 1. The Balaban J connectivity index is 1.36. The molecule has 3 aromatic rings. The van der Waals surface area contributed by atoms with Crippen molar-refractivity contribution in [2.24, 2.45) is 0 Å². The second-order valence-corrected chi connectivity index (χ2v) is 8.41. The number of methoxy groups -OCH3 is 1. The van der Waals surface area contributed by atoms with Crippen LogP contribution in [0.4, 0.5) is 10.0 Å². The molecule has 1 unspecified atom stereocenters. The van der Waals surface area contributed by atoms with Crippen LogP contribution in [0.15, 0.2) is 47.2 Å². The van der Waals surface area contributed by atoms with E-state index in [1.165, 1.54) is 22.7 Å². The Morgan fingerprint density at radius 2 is 1.68 bits per heavy atom. The van der Waals surface area contributed by atoms with E-state index in [0.29, 0.717) is 6.42 Å². The van der Waals surface area contributed by atoms with Gasteiger partial charge in [-0.2, -0.15) is 0 Å². The summed E-state index contributed by atoms with van der Waals surface area (Å²) >= 11 is 3.41. The number of aryl methyl sites for hydroxylation is 1. The molecule has 0 aliphatic carbocycles. The van der Waals surface area contributed by atoms with Crippen LogP contribution in [-0.2, 0) is 22.4 Å². The van der Waals surface area contributed by atoms with Crippen molar-refractivity contribution in [3.63, 3.8) is 0 Å². The molecule has 2 aromatic heterocycles. The fourth-order valence-electron chi connectivity index (χ4n) is 3.31. The molecule has 3 heterocycles. The number of fused-ring (bicyclic) bond motifs is 2. The van der Waals surface area contributed by atoms with Gasteiger partial charge in [-0.15, -0.1) is 22.7 Å². The molecule has 7 heteroatoms. The Labute approximate surface area is 171 Å². The summed E-state index contributed by atoms with van der Waals surface area (Å²) < 4.78 is 11.0. The number of nitrogens with zero attached hydrogens (tertiary/aromatic N) is 1. The van der Waals surface area contributed by atoms with Crippen LogP contribution in [0.2, 0.25) is 0 Å². The topological polar surface area (TPSA) is 59.0 Å². The van der Waals surface area contributed by atoms with Crippen molar-refractivity contribution in [1.29, 1.82) is 0 Å². The van der Waals surface area contributed by atoms with Crippen molar-refractivity contribution in [3.8, 4) is 11.5 Å². The van der Waals surface area contributed by atoms with Crippen LogP contribution in [0.25, 0.3) is 0 Å². The molecule has 1 N–H and O–H groups in total. The number of anilines is 2. The molecule has 146 valence electrons. The van der Waals surface area contributed by atoms with E-state index < -0.39 is 12.1 Å². The first kappa shape index (κ1) is 19.0. The average molecular weight is 416 g/mol. The fraction of sp³-hybridized carbons (Fsp3) is 0.286.